The Hall–Kier alpha value is -1.90. The highest BCUT2D eigenvalue weighted by atomic mass is 79.9. The molecular formula is C28H35Br2N3O3. The van der Waals surface area contributed by atoms with E-state index >= 15 is 0 Å². The number of aryl methyl sites for hydroxylation is 1. The predicted molar refractivity (Wildman–Crippen MR) is 149 cm³/mol. The first-order chi connectivity index (χ1) is 16.9. The lowest BCUT2D eigenvalue weighted by Crippen LogP contribution is -2.61. The lowest BCUT2D eigenvalue weighted by Gasteiger charge is -2.47. The molecule has 0 saturated carbocycles. The molecule has 0 N–H and O–H groups in total. The van der Waals surface area contributed by atoms with E-state index in [9.17, 15) is 9.59 Å². The normalized spacial score (nSPS) is 21.1. The number of fused-ring (bicyclic) bond motifs is 1. The van der Waals surface area contributed by atoms with Crippen LogP contribution in [0, 0.1) is 0 Å². The van der Waals surface area contributed by atoms with E-state index in [4.69, 9.17) is 4.74 Å². The summed E-state index contributed by atoms with van der Waals surface area (Å²) in [6, 6.07) is 14.3. The second-order valence-electron chi connectivity index (χ2n) is 10.8. The van der Waals surface area contributed by atoms with Crippen molar-refractivity contribution in [2.75, 3.05) is 33.2 Å². The van der Waals surface area contributed by atoms with E-state index in [1.165, 1.54) is 5.56 Å². The Labute approximate surface area is 231 Å². The summed E-state index contributed by atoms with van der Waals surface area (Å²) in [5.41, 5.74) is 2.10. The molecule has 0 radical (unpaired) electrons. The maximum atomic E-state index is 14.5. The van der Waals surface area contributed by atoms with Crippen LogP contribution in [0.2, 0.25) is 0 Å². The minimum absolute atomic E-state index is 0.0989. The molecule has 1 aliphatic heterocycles. The van der Waals surface area contributed by atoms with Crippen molar-refractivity contribution in [3.05, 3.63) is 68.1 Å². The predicted octanol–water partition coefficient (Wildman–Crippen LogP) is 6.13. The molecule has 1 unspecified atom stereocenters. The highest BCUT2D eigenvalue weighted by Gasteiger charge is 2.52. The minimum atomic E-state index is -0.747. The maximum absolute atomic E-state index is 14.5. The van der Waals surface area contributed by atoms with Gasteiger partial charge in [0.2, 0.25) is 5.91 Å². The molecule has 0 bridgehead atoms. The number of carbonyl (C=O) groups excluding carboxylic acids is 2. The number of carbonyl (C=O) groups is 2. The molecule has 2 aliphatic rings. The molecule has 1 heterocycles. The number of hydrogen-bond acceptors (Lipinski definition) is 4. The van der Waals surface area contributed by atoms with Gasteiger partial charge in [-0.15, -0.1) is 0 Å². The van der Waals surface area contributed by atoms with Crippen LogP contribution in [-0.2, 0) is 21.5 Å². The van der Waals surface area contributed by atoms with Gasteiger partial charge in [-0.25, -0.2) is 4.79 Å². The van der Waals surface area contributed by atoms with E-state index in [0.29, 0.717) is 26.2 Å². The van der Waals surface area contributed by atoms with Gasteiger partial charge in [0, 0.05) is 42.2 Å². The number of benzene rings is 2. The average molecular weight is 621 g/mol. The Kier molecular flexibility index (Phi) is 7.89. The van der Waals surface area contributed by atoms with Gasteiger partial charge in [0.15, 0.2) is 0 Å². The number of ether oxygens (including phenoxy) is 1. The standard InChI is InChI=1S/C28H35Br2N3O3/c1-19(21-16-22(29)18-23(30)17-21)31(5)25(34)28(11-10-20-8-6-7-9-24(20)28)33-14-12-32(13-15-33)26(35)36-27(2,3)4/h6-9,16-19H,10-15H2,1-5H3/t19?,28-/m1/s1. The number of amides is 2. The Morgan fingerprint density at radius 2 is 1.64 bits per heavy atom. The topological polar surface area (TPSA) is 53.1 Å². The number of likely N-dealkylation sites (N-methyl/N-ethyl adjacent to an activating group) is 1. The van der Waals surface area contributed by atoms with Gasteiger partial charge in [0.25, 0.3) is 0 Å². The van der Waals surface area contributed by atoms with Crippen LogP contribution < -0.4 is 0 Å². The molecule has 8 heteroatoms. The summed E-state index contributed by atoms with van der Waals surface area (Å²) in [6.07, 6.45) is 1.30. The van der Waals surface area contributed by atoms with Crippen molar-refractivity contribution in [2.24, 2.45) is 0 Å². The van der Waals surface area contributed by atoms with E-state index in [1.807, 2.05) is 50.9 Å². The zero-order valence-corrected chi connectivity index (χ0v) is 24.9. The fourth-order valence-corrected chi connectivity index (χ4v) is 6.71. The van der Waals surface area contributed by atoms with Crippen molar-refractivity contribution in [1.29, 1.82) is 0 Å². The van der Waals surface area contributed by atoms with Gasteiger partial charge in [-0.2, -0.15) is 0 Å². The van der Waals surface area contributed by atoms with Crippen LogP contribution in [0.5, 0.6) is 0 Å². The smallest absolute Gasteiger partial charge is 0.410 e. The van der Waals surface area contributed by atoms with Gasteiger partial charge >= 0.3 is 6.09 Å². The van der Waals surface area contributed by atoms with Crippen LogP contribution in [0.15, 0.2) is 51.4 Å². The lowest BCUT2D eigenvalue weighted by atomic mass is 9.86. The molecule has 2 aromatic rings. The summed E-state index contributed by atoms with van der Waals surface area (Å²) in [5, 5.41) is 0. The lowest BCUT2D eigenvalue weighted by molar-refractivity contribution is -0.148. The van der Waals surface area contributed by atoms with Gasteiger partial charge in [-0.3, -0.25) is 9.69 Å². The number of piperazine rings is 1. The molecule has 6 nitrogen and oxygen atoms in total. The van der Waals surface area contributed by atoms with Gasteiger partial charge in [0.05, 0.1) is 6.04 Å². The average Bonchev–Trinajstić information content (AvgIpc) is 3.21. The summed E-state index contributed by atoms with van der Waals surface area (Å²) in [5.74, 6) is 0.0989. The fraction of sp³-hybridized carbons (Fsp3) is 0.500. The van der Waals surface area contributed by atoms with Crippen LogP contribution in [0.25, 0.3) is 0 Å². The third-order valence-corrected chi connectivity index (χ3v) is 8.23. The molecule has 194 valence electrons. The zero-order chi connectivity index (χ0) is 26.3. The largest absolute Gasteiger partial charge is 0.444 e. The van der Waals surface area contributed by atoms with Crippen molar-refractivity contribution in [3.63, 3.8) is 0 Å². The highest BCUT2D eigenvalue weighted by Crippen LogP contribution is 2.44. The van der Waals surface area contributed by atoms with Crippen LogP contribution in [-0.4, -0.2) is 65.5 Å². The molecule has 2 amide bonds. The second kappa shape index (κ2) is 10.5. The molecule has 1 aliphatic carbocycles. The summed E-state index contributed by atoms with van der Waals surface area (Å²) in [4.78, 5) is 33.1. The Morgan fingerprint density at radius 3 is 2.25 bits per heavy atom. The molecular weight excluding hydrogens is 586 g/mol. The van der Waals surface area contributed by atoms with Gasteiger partial charge in [0.1, 0.15) is 11.1 Å². The summed E-state index contributed by atoms with van der Waals surface area (Å²) >= 11 is 7.16. The number of rotatable bonds is 4. The van der Waals surface area contributed by atoms with E-state index in [-0.39, 0.29) is 18.0 Å². The van der Waals surface area contributed by atoms with Gasteiger partial charge in [-0.05, 0) is 75.4 Å². The van der Waals surface area contributed by atoms with E-state index in [0.717, 1.165) is 32.9 Å². The van der Waals surface area contributed by atoms with Crippen LogP contribution >= 0.6 is 31.9 Å². The number of nitrogens with zero attached hydrogens (tertiary/aromatic N) is 3. The van der Waals surface area contributed by atoms with E-state index < -0.39 is 11.1 Å². The summed E-state index contributed by atoms with van der Waals surface area (Å²) in [6.45, 7) is 10.0. The Morgan fingerprint density at radius 1 is 1.03 bits per heavy atom. The van der Waals surface area contributed by atoms with Crippen molar-refractivity contribution >= 4 is 43.9 Å². The first-order valence-electron chi connectivity index (χ1n) is 12.5. The molecule has 0 spiro atoms. The second-order valence-corrected chi connectivity index (χ2v) is 12.6. The van der Waals surface area contributed by atoms with E-state index in [2.05, 4.69) is 67.9 Å². The van der Waals surface area contributed by atoms with E-state index in [1.54, 1.807) is 4.90 Å². The van der Waals surface area contributed by atoms with Gasteiger partial charge in [-0.1, -0.05) is 56.1 Å². The molecule has 0 aromatic heterocycles. The quantitative estimate of drug-likeness (QED) is 0.413. The minimum Gasteiger partial charge on any atom is -0.444 e. The first kappa shape index (κ1) is 27.1. The zero-order valence-electron chi connectivity index (χ0n) is 21.7. The van der Waals surface area contributed by atoms with Crippen molar-refractivity contribution in [1.82, 2.24) is 14.7 Å². The van der Waals surface area contributed by atoms with Crippen LogP contribution in [0.4, 0.5) is 4.79 Å². The number of halogens is 2. The van der Waals surface area contributed by atoms with Crippen molar-refractivity contribution in [3.8, 4) is 0 Å². The Balaban J connectivity index is 1.62. The fourth-order valence-electron chi connectivity index (χ4n) is 5.38. The third kappa shape index (κ3) is 5.36. The van der Waals surface area contributed by atoms with Crippen molar-refractivity contribution in [2.45, 2.75) is 57.7 Å². The molecule has 4 rings (SSSR count). The molecule has 2 atom stereocenters. The third-order valence-electron chi connectivity index (χ3n) is 7.31. The van der Waals surface area contributed by atoms with Gasteiger partial charge < -0.3 is 14.5 Å². The first-order valence-corrected chi connectivity index (χ1v) is 14.1. The van der Waals surface area contributed by atoms with Crippen LogP contribution in [0.3, 0.4) is 0 Å². The van der Waals surface area contributed by atoms with Crippen molar-refractivity contribution < 1.29 is 14.3 Å². The van der Waals surface area contributed by atoms with Crippen LogP contribution in [0.1, 0.15) is 56.8 Å². The molecule has 36 heavy (non-hydrogen) atoms. The number of hydrogen-bond donors (Lipinski definition) is 0. The monoisotopic (exact) mass is 619 g/mol. The SMILES string of the molecule is CC(c1cc(Br)cc(Br)c1)N(C)C(=O)[C@@]1(N2CCN(C(=O)OC(C)(C)C)CC2)CCc2ccccc21. The Bertz CT molecular complexity index is 1120. The maximum Gasteiger partial charge on any atom is 0.410 e. The summed E-state index contributed by atoms with van der Waals surface area (Å²) < 4.78 is 7.53. The molecule has 1 fully saturated rings. The molecule has 2 aromatic carbocycles. The summed E-state index contributed by atoms with van der Waals surface area (Å²) in [7, 11) is 1.90. The highest BCUT2D eigenvalue weighted by molar-refractivity contribution is 9.11. The molecule has 1 saturated heterocycles.